The second-order valence-corrected chi connectivity index (χ2v) is 8.48. The second-order valence-electron chi connectivity index (χ2n) is 7.13. The minimum atomic E-state index is -0.478. The Hall–Kier alpha value is -3.20. The number of hydrogen-bond donors (Lipinski definition) is 2. The molecule has 2 N–H and O–H groups in total. The molecule has 4 rings (SSSR count). The maximum atomic E-state index is 13.4. The highest BCUT2D eigenvalue weighted by atomic mass is 79.9. The maximum Gasteiger partial charge on any atom is 0.261 e. The van der Waals surface area contributed by atoms with Crippen LogP contribution in [0.15, 0.2) is 68.6 Å². The molecule has 0 saturated heterocycles. The SMILES string of the molecule is COc1ccc(Cl)cc1NC(=O)c1cc2c(CO)cnc(C)c2oc1=Nc1cccc(Br)c1. The molecule has 7 nitrogen and oxygen atoms in total. The van der Waals surface area contributed by atoms with Gasteiger partial charge < -0.3 is 19.6 Å². The molecule has 0 fully saturated rings. The molecule has 2 aromatic heterocycles. The molecule has 2 heterocycles. The standard InChI is InChI=1S/C24H19BrClN3O4/c1-13-22-18(14(12-30)11-27-13)10-19(24(33-22)28-17-5-3-4-15(25)8-17)23(31)29-20-9-16(26)6-7-21(20)32-2/h3-11,30H,12H2,1-2H3,(H,29,31). The van der Waals surface area contributed by atoms with Crippen molar-refractivity contribution in [2.45, 2.75) is 13.5 Å². The molecule has 0 bridgehead atoms. The largest absolute Gasteiger partial charge is 0.495 e. The second kappa shape index (κ2) is 9.74. The number of halogens is 2. The Balaban J connectivity index is 1.93. The van der Waals surface area contributed by atoms with Crippen LogP contribution in [0.3, 0.4) is 0 Å². The molecular formula is C24H19BrClN3O4. The molecule has 9 heteroatoms. The number of amides is 1. The molecule has 1 amide bonds. The van der Waals surface area contributed by atoms with Gasteiger partial charge in [0.25, 0.3) is 5.91 Å². The van der Waals surface area contributed by atoms with Crippen molar-refractivity contribution in [3.63, 3.8) is 0 Å². The van der Waals surface area contributed by atoms with Gasteiger partial charge in [-0.1, -0.05) is 33.6 Å². The van der Waals surface area contributed by atoms with E-state index in [0.29, 0.717) is 44.4 Å². The summed E-state index contributed by atoms with van der Waals surface area (Å²) in [6.45, 7) is 1.52. The molecular weight excluding hydrogens is 510 g/mol. The zero-order valence-electron chi connectivity index (χ0n) is 17.7. The van der Waals surface area contributed by atoms with E-state index in [4.69, 9.17) is 20.8 Å². The number of fused-ring (bicyclic) bond motifs is 1. The monoisotopic (exact) mass is 527 g/mol. The maximum absolute atomic E-state index is 13.4. The molecule has 168 valence electrons. The molecule has 0 aliphatic heterocycles. The molecule has 0 radical (unpaired) electrons. The van der Waals surface area contributed by atoms with E-state index in [0.717, 1.165) is 4.47 Å². The van der Waals surface area contributed by atoms with E-state index in [1.807, 2.05) is 12.1 Å². The minimum Gasteiger partial charge on any atom is -0.495 e. The first-order chi connectivity index (χ1) is 15.9. The third kappa shape index (κ3) is 4.93. The fourth-order valence-electron chi connectivity index (χ4n) is 3.29. The number of aromatic nitrogens is 1. The zero-order chi connectivity index (χ0) is 23.5. The van der Waals surface area contributed by atoms with Gasteiger partial charge in [-0.3, -0.25) is 9.78 Å². The van der Waals surface area contributed by atoms with Gasteiger partial charge in [0.15, 0.2) is 5.58 Å². The predicted octanol–water partition coefficient (Wildman–Crippen LogP) is 5.54. The Morgan fingerprint density at radius 1 is 1.27 bits per heavy atom. The molecule has 4 aromatic rings. The van der Waals surface area contributed by atoms with Crippen LogP contribution >= 0.6 is 27.5 Å². The fourth-order valence-corrected chi connectivity index (χ4v) is 3.85. The van der Waals surface area contributed by atoms with Crippen molar-refractivity contribution in [2.75, 3.05) is 12.4 Å². The summed E-state index contributed by atoms with van der Waals surface area (Å²) in [6, 6.07) is 13.9. The third-order valence-corrected chi connectivity index (χ3v) is 5.64. The summed E-state index contributed by atoms with van der Waals surface area (Å²) in [5, 5.41) is 13.6. The molecule has 0 saturated carbocycles. The van der Waals surface area contributed by atoms with Gasteiger partial charge >= 0.3 is 0 Å². The number of anilines is 1. The molecule has 0 atom stereocenters. The number of nitrogens with one attached hydrogen (secondary N) is 1. The summed E-state index contributed by atoms with van der Waals surface area (Å²) in [4.78, 5) is 22.2. The van der Waals surface area contributed by atoms with E-state index in [2.05, 4.69) is 31.2 Å². The molecule has 0 spiro atoms. The summed E-state index contributed by atoms with van der Waals surface area (Å²) < 4.78 is 12.2. The van der Waals surface area contributed by atoms with Crippen molar-refractivity contribution < 1.29 is 19.1 Å². The van der Waals surface area contributed by atoms with Crippen molar-refractivity contribution in [1.82, 2.24) is 4.98 Å². The van der Waals surface area contributed by atoms with Crippen molar-refractivity contribution >= 4 is 55.8 Å². The van der Waals surface area contributed by atoms with Crippen LogP contribution in [0.5, 0.6) is 5.75 Å². The minimum absolute atomic E-state index is 0.0964. The molecule has 33 heavy (non-hydrogen) atoms. The number of aliphatic hydroxyl groups excluding tert-OH is 1. The van der Waals surface area contributed by atoms with Crippen LogP contribution < -0.4 is 15.6 Å². The van der Waals surface area contributed by atoms with Crippen LogP contribution in [0.1, 0.15) is 21.6 Å². The number of nitrogens with zero attached hydrogens (tertiary/aromatic N) is 2. The molecule has 0 aliphatic rings. The predicted molar refractivity (Wildman–Crippen MR) is 130 cm³/mol. The summed E-state index contributed by atoms with van der Waals surface area (Å²) in [5.41, 5.74) is 2.83. The summed E-state index contributed by atoms with van der Waals surface area (Å²) in [7, 11) is 1.50. The van der Waals surface area contributed by atoms with Gasteiger partial charge in [0.2, 0.25) is 5.55 Å². The zero-order valence-corrected chi connectivity index (χ0v) is 20.1. The van der Waals surface area contributed by atoms with Crippen LogP contribution in [0.25, 0.3) is 11.0 Å². The lowest BCUT2D eigenvalue weighted by molar-refractivity contribution is 0.102. The lowest BCUT2D eigenvalue weighted by Crippen LogP contribution is -2.22. The van der Waals surface area contributed by atoms with Gasteiger partial charge in [0.1, 0.15) is 11.3 Å². The molecule has 2 aromatic carbocycles. The number of carbonyl (C=O) groups excluding carboxylic acids is 1. The highest BCUT2D eigenvalue weighted by molar-refractivity contribution is 9.10. The van der Waals surface area contributed by atoms with Gasteiger partial charge in [-0.2, -0.15) is 0 Å². The van der Waals surface area contributed by atoms with Crippen molar-refractivity contribution in [3.05, 3.63) is 86.6 Å². The third-order valence-electron chi connectivity index (χ3n) is 4.91. The normalized spacial score (nSPS) is 11.6. The molecule has 0 aliphatic carbocycles. The van der Waals surface area contributed by atoms with E-state index < -0.39 is 5.91 Å². The first-order valence-corrected chi connectivity index (χ1v) is 11.0. The van der Waals surface area contributed by atoms with E-state index in [-0.39, 0.29) is 17.7 Å². The highest BCUT2D eigenvalue weighted by Gasteiger charge is 2.18. The average Bonchev–Trinajstić information content (AvgIpc) is 2.79. The number of aryl methyl sites for hydroxylation is 1. The summed E-state index contributed by atoms with van der Waals surface area (Å²) >= 11 is 9.53. The quantitative estimate of drug-likeness (QED) is 0.355. The van der Waals surface area contributed by atoms with Gasteiger partial charge in [-0.15, -0.1) is 0 Å². The van der Waals surface area contributed by atoms with E-state index in [9.17, 15) is 9.90 Å². The van der Waals surface area contributed by atoms with Gasteiger partial charge in [0.05, 0.1) is 30.8 Å². The number of carbonyl (C=O) groups is 1. The summed E-state index contributed by atoms with van der Waals surface area (Å²) in [5.74, 6) is -0.0274. The van der Waals surface area contributed by atoms with Crippen LogP contribution in [0, 0.1) is 6.92 Å². The van der Waals surface area contributed by atoms with Crippen LogP contribution in [-0.4, -0.2) is 23.1 Å². The lowest BCUT2D eigenvalue weighted by atomic mass is 10.1. The number of ether oxygens (including phenoxy) is 1. The fraction of sp³-hybridized carbons (Fsp3) is 0.125. The van der Waals surface area contributed by atoms with Crippen molar-refractivity contribution in [1.29, 1.82) is 0 Å². The number of rotatable bonds is 5. The Labute approximate surface area is 202 Å². The number of hydrogen-bond acceptors (Lipinski definition) is 6. The first kappa shape index (κ1) is 23.0. The average molecular weight is 529 g/mol. The van der Waals surface area contributed by atoms with Crippen molar-refractivity contribution in [2.24, 2.45) is 4.99 Å². The number of benzene rings is 2. The van der Waals surface area contributed by atoms with Gasteiger partial charge in [-0.05, 0) is 49.4 Å². The van der Waals surface area contributed by atoms with Crippen LogP contribution in [-0.2, 0) is 6.61 Å². The van der Waals surface area contributed by atoms with Crippen molar-refractivity contribution in [3.8, 4) is 5.75 Å². The van der Waals surface area contributed by atoms with Gasteiger partial charge in [-0.25, -0.2) is 4.99 Å². The Morgan fingerprint density at radius 2 is 2.09 bits per heavy atom. The Bertz CT molecular complexity index is 1440. The number of aliphatic hydroxyl groups is 1. The Morgan fingerprint density at radius 3 is 2.82 bits per heavy atom. The topological polar surface area (TPSA) is 97.0 Å². The number of methoxy groups -OCH3 is 1. The van der Waals surface area contributed by atoms with E-state index >= 15 is 0 Å². The smallest absolute Gasteiger partial charge is 0.261 e. The van der Waals surface area contributed by atoms with Gasteiger partial charge in [0, 0.05) is 26.6 Å². The lowest BCUT2D eigenvalue weighted by Gasteiger charge is -2.12. The first-order valence-electron chi connectivity index (χ1n) is 9.88. The number of pyridine rings is 1. The summed E-state index contributed by atoms with van der Waals surface area (Å²) in [6.07, 6.45) is 1.56. The molecule has 0 unspecified atom stereocenters. The Kier molecular flexibility index (Phi) is 6.78. The highest BCUT2D eigenvalue weighted by Crippen LogP contribution is 2.29. The van der Waals surface area contributed by atoms with Crippen LogP contribution in [0.4, 0.5) is 11.4 Å². The van der Waals surface area contributed by atoms with E-state index in [1.165, 1.54) is 7.11 Å². The van der Waals surface area contributed by atoms with E-state index in [1.54, 1.807) is 49.5 Å². The van der Waals surface area contributed by atoms with Crippen LogP contribution in [0.2, 0.25) is 5.02 Å².